The highest BCUT2D eigenvalue weighted by Crippen LogP contribution is 2.36. The number of nitrogens with zero attached hydrogens (tertiary/aromatic N) is 2. The lowest BCUT2D eigenvalue weighted by Gasteiger charge is -2.05. The maximum Gasteiger partial charge on any atom is 0.234 e. The first-order valence-corrected chi connectivity index (χ1v) is 9.97. The van der Waals surface area contributed by atoms with Gasteiger partial charge >= 0.3 is 0 Å². The second-order valence-electron chi connectivity index (χ2n) is 5.72. The van der Waals surface area contributed by atoms with E-state index in [1.807, 2.05) is 18.2 Å². The predicted octanol–water partition coefficient (Wildman–Crippen LogP) is 5.23. The number of thiophene rings is 1. The summed E-state index contributed by atoms with van der Waals surface area (Å²) < 4.78 is 13.2. The van der Waals surface area contributed by atoms with Crippen molar-refractivity contribution in [3.63, 3.8) is 0 Å². The lowest BCUT2D eigenvalue weighted by molar-refractivity contribution is -0.113. The lowest BCUT2D eigenvalue weighted by atomic mass is 10.2. The van der Waals surface area contributed by atoms with Gasteiger partial charge in [0.05, 0.1) is 5.75 Å². The molecule has 0 atom stereocenters. The molecule has 1 amide bonds. The molecular weight excluding hydrogens is 381 g/mol. The van der Waals surface area contributed by atoms with Crippen LogP contribution in [0.5, 0.6) is 0 Å². The van der Waals surface area contributed by atoms with Gasteiger partial charge in [-0.1, -0.05) is 48.2 Å². The van der Waals surface area contributed by atoms with E-state index in [-0.39, 0.29) is 17.5 Å². The van der Waals surface area contributed by atoms with Crippen molar-refractivity contribution in [1.82, 2.24) is 9.97 Å². The minimum atomic E-state index is -0.385. The third-order valence-corrected chi connectivity index (χ3v) is 5.90. The largest absolute Gasteiger partial charge is 0.325 e. The number of aromatic nitrogens is 2. The van der Waals surface area contributed by atoms with Crippen molar-refractivity contribution in [1.29, 1.82) is 0 Å². The average Bonchev–Trinajstić information content (AvgIpc) is 3.12. The predicted molar refractivity (Wildman–Crippen MR) is 109 cm³/mol. The quantitative estimate of drug-likeness (QED) is 0.371. The first-order chi connectivity index (χ1) is 13.2. The van der Waals surface area contributed by atoms with Gasteiger partial charge in [0.15, 0.2) is 0 Å². The number of rotatable bonds is 5. The zero-order valence-electron chi connectivity index (χ0n) is 14.1. The Kier molecular flexibility index (Phi) is 5.13. The van der Waals surface area contributed by atoms with E-state index in [1.54, 1.807) is 23.5 Å². The Labute approximate surface area is 163 Å². The van der Waals surface area contributed by atoms with E-state index < -0.39 is 0 Å². The fraction of sp³-hybridized carbons (Fsp3) is 0.0500. The molecule has 2 aromatic heterocycles. The standard InChI is InChI=1S/C20H14FN3OS2/c21-14-7-4-8-15(9-14)24-18(25)11-26-19-16-10-17(13-5-2-1-3-6-13)27-20(16)23-12-22-19/h1-10,12H,11H2,(H,24,25). The molecule has 2 heterocycles. The van der Waals surface area contributed by atoms with Gasteiger partial charge in [0, 0.05) is 16.0 Å². The van der Waals surface area contributed by atoms with Gasteiger partial charge < -0.3 is 5.32 Å². The molecule has 2 aromatic carbocycles. The monoisotopic (exact) mass is 395 g/mol. The first-order valence-electron chi connectivity index (χ1n) is 8.17. The van der Waals surface area contributed by atoms with Crippen molar-refractivity contribution in [2.45, 2.75) is 5.03 Å². The van der Waals surface area contributed by atoms with Gasteiger partial charge in [0.25, 0.3) is 0 Å². The van der Waals surface area contributed by atoms with Gasteiger partial charge in [-0.25, -0.2) is 14.4 Å². The molecule has 0 aliphatic rings. The second kappa shape index (κ2) is 7.85. The van der Waals surface area contributed by atoms with Crippen molar-refractivity contribution >= 4 is 44.9 Å². The van der Waals surface area contributed by atoms with Crippen molar-refractivity contribution < 1.29 is 9.18 Å². The summed E-state index contributed by atoms with van der Waals surface area (Å²) in [5, 5.41) is 4.38. The van der Waals surface area contributed by atoms with E-state index in [2.05, 4.69) is 33.5 Å². The van der Waals surface area contributed by atoms with Crippen molar-refractivity contribution in [3.8, 4) is 10.4 Å². The molecular formula is C20H14FN3OS2. The van der Waals surface area contributed by atoms with Crippen molar-refractivity contribution in [3.05, 3.63) is 72.8 Å². The Morgan fingerprint density at radius 3 is 2.74 bits per heavy atom. The molecule has 0 unspecified atom stereocenters. The van der Waals surface area contributed by atoms with Gasteiger partial charge in [-0.05, 0) is 29.8 Å². The van der Waals surface area contributed by atoms with E-state index in [1.165, 1.54) is 30.2 Å². The van der Waals surface area contributed by atoms with Crippen LogP contribution in [0.3, 0.4) is 0 Å². The Balaban J connectivity index is 1.50. The van der Waals surface area contributed by atoms with Crippen LogP contribution >= 0.6 is 23.1 Å². The number of carbonyl (C=O) groups is 1. The van der Waals surface area contributed by atoms with Crippen LogP contribution in [0, 0.1) is 5.82 Å². The number of halogens is 1. The molecule has 7 heteroatoms. The SMILES string of the molecule is O=C(CSc1ncnc2sc(-c3ccccc3)cc12)Nc1cccc(F)c1. The van der Waals surface area contributed by atoms with E-state index in [9.17, 15) is 9.18 Å². The zero-order chi connectivity index (χ0) is 18.6. The minimum absolute atomic E-state index is 0.180. The van der Waals surface area contributed by atoms with E-state index in [0.717, 1.165) is 25.7 Å². The number of amides is 1. The van der Waals surface area contributed by atoms with Crippen LogP contribution in [0.25, 0.3) is 20.7 Å². The minimum Gasteiger partial charge on any atom is -0.325 e. The molecule has 0 aliphatic heterocycles. The number of carbonyl (C=O) groups excluding carboxylic acids is 1. The smallest absolute Gasteiger partial charge is 0.234 e. The van der Waals surface area contributed by atoms with Crippen LogP contribution in [0.1, 0.15) is 0 Å². The maximum atomic E-state index is 13.2. The molecule has 27 heavy (non-hydrogen) atoms. The summed E-state index contributed by atoms with van der Waals surface area (Å²) in [5.74, 6) is -0.417. The highest BCUT2D eigenvalue weighted by Gasteiger charge is 2.12. The number of nitrogens with one attached hydrogen (secondary N) is 1. The Hall–Kier alpha value is -2.77. The third-order valence-electron chi connectivity index (χ3n) is 3.80. The Morgan fingerprint density at radius 2 is 1.93 bits per heavy atom. The van der Waals surface area contributed by atoms with E-state index in [0.29, 0.717) is 5.69 Å². The van der Waals surface area contributed by atoms with Crippen LogP contribution in [0.4, 0.5) is 10.1 Å². The van der Waals surface area contributed by atoms with Gasteiger partial charge in [-0.15, -0.1) is 11.3 Å². The molecule has 0 saturated carbocycles. The van der Waals surface area contributed by atoms with Crippen LogP contribution in [0.15, 0.2) is 72.0 Å². The third kappa shape index (κ3) is 4.15. The number of fused-ring (bicyclic) bond motifs is 1. The summed E-state index contributed by atoms with van der Waals surface area (Å²) >= 11 is 2.94. The van der Waals surface area contributed by atoms with E-state index >= 15 is 0 Å². The van der Waals surface area contributed by atoms with Crippen LogP contribution in [-0.2, 0) is 4.79 Å². The molecule has 4 aromatic rings. The van der Waals surface area contributed by atoms with Gasteiger partial charge in [0.1, 0.15) is 22.0 Å². The molecule has 4 rings (SSSR count). The van der Waals surface area contributed by atoms with Gasteiger partial charge in [-0.2, -0.15) is 0 Å². The zero-order valence-corrected chi connectivity index (χ0v) is 15.7. The summed E-state index contributed by atoms with van der Waals surface area (Å²) in [7, 11) is 0. The average molecular weight is 395 g/mol. The maximum absolute atomic E-state index is 13.2. The number of benzene rings is 2. The normalized spacial score (nSPS) is 10.9. The molecule has 1 N–H and O–H groups in total. The molecule has 0 radical (unpaired) electrons. The molecule has 134 valence electrons. The summed E-state index contributed by atoms with van der Waals surface area (Å²) in [5.41, 5.74) is 1.57. The molecule has 4 nitrogen and oxygen atoms in total. The second-order valence-corrected chi connectivity index (χ2v) is 7.72. The highest BCUT2D eigenvalue weighted by atomic mass is 32.2. The Morgan fingerprint density at radius 1 is 1.07 bits per heavy atom. The Bertz CT molecular complexity index is 1100. The first kappa shape index (κ1) is 17.6. The lowest BCUT2D eigenvalue weighted by Crippen LogP contribution is -2.14. The summed E-state index contributed by atoms with van der Waals surface area (Å²) in [6.07, 6.45) is 1.51. The molecule has 0 spiro atoms. The number of thioether (sulfide) groups is 1. The highest BCUT2D eigenvalue weighted by molar-refractivity contribution is 8.00. The molecule has 0 saturated heterocycles. The fourth-order valence-corrected chi connectivity index (χ4v) is 4.43. The van der Waals surface area contributed by atoms with Gasteiger partial charge in [0.2, 0.25) is 5.91 Å². The topological polar surface area (TPSA) is 54.9 Å². The number of hydrogen-bond donors (Lipinski definition) is 1. The summed E-state index contributed by atoms with van der Waals surface area (Å²) in [4.78, 5) is 22.8. The van der Waals surface area contributed by atoms with Gasteiger partial charge in [-0.3, -0.25) is 4.79 Å². The van der Waals surface area contributed by atoms with Crippen LogP contribution in [-0.4, -0.2) is 21.6 Å². The summed E-state index contributed by atoms with van der Waals surface area (Å²) in [6.45, 7) is 0. The van der Waals surface area contributed by atoms with E-state index in [4.69, 9.17) is 0 Å². The van der Waals surface area contributed by atoms with Crippen LogP contribution < -0.4 is 5.32 Å². The van der Waals surface area contributed by atoms with Crippen LogP contribution in [0.2, 0.25) is 0 Å². The summed E-state index contributed by atoms with van der Waals surface area (Å²) in [6, 6.07) is 18.0. The molecule has 0 bridgehead atoms. The van der Waals surface area contributed by atoms with Crippen molar-refractivity contribution in [2.24, 2.45) is 0 Å². The fourth-order valence-electron chi connectivity index (χ4n) is 2.59. The molecule has 0 fully saturated rings. The number of anilines is 1. The van der Waals surface area contributed by atoms with Crippen molar-refractivity contribution in [2.75, 3.05) is 11.1 Å². The number of hydrogen-bond acceptors (Lipinski definition) is 5. The molecule has 0 aliphatic carbocycles.